The predicted octanol–water partition coefficient (Wildman–Crippen LogP) is -2.57. The van der Waals surface area contributed by atoms with Crippen molar-refractivity contribution >= 4 is 22.2 Å². The number of allylic oxidation sites excluding steroid dienone is 3. The maximum Gasteiger partial charge on any atom is 0.397 e. The van der Waals surface area contributed by atoms with E-state index in [0.29, 0.717) is 38.5 Å². The molecule has 0 bridgehead atoms. The predicted molar refractivity (Wildman–Crippen MR) is 293 cm³/mol. The number of ketones is 1. The van der Waals surface area contributed by atoms with Gasteiger partial charge in [-0.25, -0.2) is 4.18 Å². The second-order valence-electron chi connectivity index (χ2n) is 27.4. The number of aliphatic hydroxyl groups is 12. The molecule has 29 nitrogen and oxygen atoms in total. The highest BCUT2D eigenvalue weighted by atomic mass is 32.3. The number of fused-ring (bicyclic) bond motifs is 4. The van der Waals surface area contributed by atoms with Gasteiger partial charge in [0.15, 0.2) is 31.5 Å². The molecule has 0 radical (unpaired) electrons. The average molecular weight is 1280 g/mol. The van der Waals surface area contributed by atoms with E-state index in [-0.39, 0.29) is 35.4 Å². The molecule has 4 aliphatic carbocycles. The first-order valence-corrected chi connectivity index (χ1v) is 31.8. The molecule has 502 valence electrons. The Balaban J connectivity index is 0.908. The fourth-order valence-electron chi connectivity index (χ4n) is 17.0. The summed E-state index contributed by atoms with van der Waals surface area (Å²) in [5.41, 5.74) is -1.76. The Morgan fingerprint density at radius 1 is 0.670 bits per heavy atom. The minimum atomic E-state index is -5.28. The van der Waals surface area contributed by atoms with E-state index in [4.69, 9.17) is 56.3 Å². The summed E-state index contributed by atoms with van der Waals surface area (Å²) in [6.07, 6.45) is -36.1. The number of rotatable bonds is 18. The van der Waals surface area contributed by atoms with Crippen molar-refractivity contribution in [1.29, 1.82) is 0 Å². The van der Waals surface area contributed by atoms with E-state index in [1.807, 2.05) is 27.7 Å². The van der Waals surface area contributed by atoms with Crippen LogP contribution < -0.4 is 0 Å². The maximum absolute atomic E-state index is 14.5. The van der Waals surface area contributed by atoms with Crippen LogP contribution in [0.4, 0.5) is 0 Å². The van der Waals surface area contributed by atoms with Gasteiger partial charge in [-0.05, 0) is 94.8 Å². The number of hydrogen-bond donors (Lipinski definition) is 13. The van der Waals surface area contributed by atoms with Crippen LogP contribution in [0, 0.1) is 39.4 Å². The zero-order valence-corrected chi connectivity index (χ0v) is 51.1. The van der Waals surface area contributed by atoms with Crippen LogP contribution in [-0.4, -0.2) is 265 Å². The van der Waals surface area contributed by atoms with Crippen LogP contribution in [0.15, 0.2) is 23.8 Å². The number of carbonyl (C=O) groups excluding carboxylic acids is 2. The molecule has 0 unspecified atom stereocenters. The number of cyclic esters (lactones) is 1. The van der Waals surface area contributed by atoms with Gasteiger partial charge in [-0.3, -0.25) is 14.1 Å². The van der Waals surface area contributed by atoms with Gasteiger partial charge in [-0.2, -0.15) is 8.42 Å². The number of aliphatic hydroxyl groups excluding tert-OH is 12. The smallest absolute Gasteiger partial charge is 0.397 e. The molecule has 1 spiro atoms. The molecule has 10 aliphatic rings. The Kier molecular flexibility index (Phi) is 19.8. The van der Waals surface area contributed by atoms with Crippen LogP contribution in [0.2, 0.25) is 0 Å². The third-order valence-corrected chi connectivity index (χ3v) is 22.1. The lowest BCUT2D eigenvalue weighted by atomic mass is 9.41. The summed E-state index contributed by atoms with van der Waals surface area (Å²) in [7, 11) is -5.28. The Bertz CT molecular complexity index is 2680. The van der Waals surface area contributed by atoms with Gasteiger partial charge < -0.3 is 113 Å². The lowest BCUT2D eigenvalue weighted by Crippen LogP contribution is -2.68. The van der Waals surface area contributed by atoms with E-state index in [1.165, 1.54) is 6.92 Å². The van der Waals surface area contributed by atoms with E-state index < -0.39 is 212 Å². The van der Waals surface area contributed by atoms with Crippen LogP contribution >= 0.6 is 0 Å². The summed E-state index contributed by atoms with van der Waals surface area (Å²) in [6, 6.07) is 0. The largest absolute Gasteiger partial charge is 0.458 e. The number of esters is 1. The molecule has 30 heteroatoms. The van der Waals surface area contributed by atoms with Crippen LogP contribution in [0.1, 0.15) is 106 Å². The van der Waals surface area contributed by atoms with E-state index >= 15 is 0 Å². The summed E-state index contributed by atoms with van der Waals surface area (Å²) in [6.45, 7) is 14.5. The molecule has 10 rings (SSSR count). The van der Waals surface area contributed by atoms with Crippen molar-refractivity contribution in [3.8, 4) is 0 Å². The third-order valence-electron chi connectivity index (χ3n) is 21.6. The van der Waals surface area contributed by atoms with Crippen molar-refractivity contribution in [2.45, 2.75) is 259 Å². The van der Waals surface area contributed by atoms with Gasteiger partial charge >= 0.3 is 16.4 Å². The number of hydrogen-bond acceptors (Lipinski definition) is 28. The monoisotopic (exact) mass is 1280 g/mol. The van der Waals surface area contributed by atoms with Crippen LogP contribution in [0.3, 0.4) is 0 Å². The quantitative estimate of drug-likeness (QED) is 0.0381. The Morgan fingerprint density at radius 2 is 1.27 bits per heavy atom. The highest BCUT2D eigenvalue weighted by Gasteiger charge is 2.79. The first kappa shape index (κ1) is 68.5. The van der Waals surface area contributed by atoms with Gasteiger partial charge in [-0.1, -0.05) is 44.9 Å². The molecule has 0 aromatic carbocycles. The first-order chi connectivity index (χ1) is 41.2. The van der Waals surface area contributed by atoms with Crippen molar-refractivity contribution in [2.24, 2.45) is 39.4 Å². The molecule has 9 fully saturated rings. The summed E-state index contributed by atoms with van der Waals surface area (Å²) < 4.78 is 106. The second-order valence-corrected chi connectivity index (χ2v) is 28.5. The molecular formula is C58H90O29S. The first-order valence-electron chi connectivity index (χ1n) is 30.4. The molecule has 0 aromatic rings. The van der Waals surface area contributed by atoms with Crippen LogP contribution in [-0.2, 0) is 76.3 Å². The molecule has 0 amide bonds. The second kappa shape index (κ2) is 25.4. The van der Waals surface area contributed by atoms with Gasteiger partial charge in [0.1, 0.15) is 115 Å². The van der Waals surface area contributed by atoms with Crippen LogP contribution in [0.25, 0.3) is 0 Å². The standard InChI is InChI=1S/C58H90O29S/c1-23(2)10-9-15-57(8)47-27(61)18-56(7)26-11-12-32-54(4,5)33(14-16-55(32,6)25(26)13-17-58(47,56)53(72)86-57)81-51-45(37(66)31(22-77-51)87-88(73,74)75)85-52-46(84-48-39(68)34(63)28(62)21-76-48)41(70)43(24(3)78-52)82-50-42(71)44(36(65)30(20-60)80-50)83-49-40(69)38(67)35(64)29(19-59)79-49/h11,24-25,28-52,59-60,62-71H,1,9-10,12-22H2,2-8H3,(H,73,74,75)/t24-,25+,28-,29-,30-,31-,32+,33+,34+,35-,36-,37+,38+,39-,40-,41+,42-,43-,44+,45-,46-,47-,48+,49+,50+,51+,52+,55-,56+,57+,58-/m1/s1. The van der Waals surface area contributed by atoms with Crippen molar-refractivity contribution in [3.63, 3.8) is 0 Å². The number of Topliss-reactive ketones (excluding diaryl/α,β-unsaturated/α-hetero) is 1. The maximum atomic E-state index is 14.5. The summed E-state index contributed by atoms with van der Waals surface area (Å²) in [4.78, 5) is 28.9. The molecule has 0 aromatic heterocycles. The third kappa shape index (κ3) is 11.8. The van der Waals surface area contributed by atoms with Gasteiger partial charge in [0.05, 0.1) is 50.0 Å². The summed E-state index contributed by atoms with van der Waals surface area (Å²) >= 11 is 0. The lowest BCUT2D eigenvalue weighted by molar-refractivity contribution is -0.403. The fraction of sp³-hybridized carbons (Fsp3) is 0.897. The van der Waals surface area contributed by atoms with E-state index in [0.717, 1.165) is 24.0 Å². The Morgan fingerprint density at radius 3 is 1.93 bits per heavy atom. The molecule has 31 atom stereocenters. The minimum Gasteiger partial charge on any atom is -0.458 e. The van der Waals surface area contributed by atoms with Crippen molar-refractivity contribution < 1.29 is 140 Å². The van der Waals surface area contributed by atoms with Gasteiger partial charge in [0.25, 0.3) is 0 Å². The average Bonchev–Trinajstić information content (AvgIpc) is 1.46. The number of carbonyl (C=O) groups is 2. The molecule has 88 heavy (non-hydrogen) atoms. The number of ether oxygens (including phenoxy) is 11. The fourth-order valence-corrected chi connectivity index (χ4v) is 17.5. The summed E-state index contributed by atoms with van der Waals surface area (Å²) in [5.74, 6) is -1.000. The Hall–Kier alpha value is -2.39. The lowest BCUT2D eigenvalue weighted by Gasteiger charge is -2.63. The van der Waals surface area contributed by atoms with Crippen LogP contribution in [0.5, 0.6) is 0 Å². The highest BCUT2D eigenvalue weighted by Crippen LogP contribution is 2.75. The van der Waals surface area contributed by atoms with Crippen molar-refractivity contribution in [3.05, 3.63) is 23.8 Å². The molecule has 3 saturated carbocycles. The normalized spacial score (nSPS) is 51.1. The van der Waals surface area contributed by atoms with Crippen molar-refractivity contribution in [1.82, 2.24) is 0 Å². The van der Waals surface area contributed by atoms with Gasteiger partial charge in [-0.15, -0.1) is 6.58 Å². The molecule has 6 aliphatic heterocycles. The topological polar surface area (TPSA) is 442 Å². The summed E-state index contributed by atoms with van der Waals surface area (Å²) in [5, 5.41) is 131. The zero-order valence-electron chi connectivity index (χ0n) is 50.3. The molecule has 6 heterocycles. The SMILES string of the molecule is C=C(C)CCC[C@]1(C)OC(=O)[C@]23CC[C@H]4C(=CC[C@H]5C(C)(C)[C@@H](O[C@@H]6OC[C@@H](OS(=O)(=O)O)[C@H](O)[C@H]6O[C@@H]6O[C@H](C)[C@@H](O[C@@H]7O[C@H](CO)[C@@H](O)[C@H](O[C@@H]8O[C@H](CO)[C@@H](O)[C@H](O)[C@H]8O)[C@H]7O)[C@H](O)[C@H]6O[C@@H]6OC[C@@H](O)[C@H](O)[C@H]6O)CC[C@]45C)[C@]2(C)CC(=O)[C@@H]31. The zero-order chi connectivity index (χ0) is 64.3. The van der Waals surface area contributed by atoms with Gasteiger partial charge in [0, 0.05) is 11.8 Å². The van der Waals surface area contributed by atoms with E-state index in [2.05, 4.69) is 26.5 Å². The van der Waals surface area contributed by atoms with Gasteiger partial charge in [0.2, 0.25) is 0 Å². The molecular weight excluding hydrogens is 1190 g/mol. The van der Waals surface area contributed by atoms with E-state index in [9.17, 15) is 83.8 Å². The molecule has 13 N–H and O–H groups in total. The Labute approximate surface area is 509 Å². The molecule has 6 saturated heterocycles. The van der Waals surface area contributed by atoms with Crippen molar-refractivity contribution in [2.75, 3.05) is 26.4 Å². The minimum absolute atomic E-state index is 0.0292. The highest BCUT2D eigenvalue weighted by molar-refractivity contribution is 7.80. The van der Waals surface area contributed by atoms with E-state index in [1.54, 1.807) is 0 Å².